The Hall–Kier alpha value is -3.46. The zero-order valence-corrected chi connectivity index (χ0v) is 22.4. The van der Waals surface area contributed by atoms with Crippen LogP contribution in [0.25, 0.3) is 11.1 Å². The fourth-order valence-corrected chi connectivity index (χ4v) is 6.86. The normalized spacial score (nSPS) is 23.7. The number of nitrogens with one attached hydrogen (secondary N) is 1. The van der Waals surface area contributed by atoms with Crippen LogP contribution in [0.1, 0.15) is 46.3 Å². The summed E-state index contributed by atoms with van der Waals surface area (Å²) >= 11 is 3.24. The molecule has 1 heterocycles. The van der Waals surface area contributed by atoms with Crippen LogP contribution in [-0.4, -0.2) is 29.3 Å². The van der Waals surface area contributed by atoms with Gasteiger partial charge in [0.1, 0.15) is 0 Å². The van der Waals surface area contributed by atoms with E-state index < -0.39 is 36.1 Å². The average Bonchev–Trinajstić information content (AvgIpc) is 3.62. The van der Waals surface area contributed by atoms with Gasteiger partial charge in [-0.15, -0.1) is 0 Å². The van der Waals surface area contributed by atoms with Gasteiger partial charge in [0.05, 0.1) is 11.8 Å². The number of benzene rings is 2. The highest BCUT2D eigenvalue weighted by atomic mass is 79.9. The Bertz CT molecular complexity index is 1480. The van der Waals surface area contributed by atoms with Gasteiger partial charge in [-0.05, 0) is 72.1 Å². The predicted octanol–water partition coefficient (Wildman–Crippen LogP) is 5.67. The summed E-state index contributed by atoms with van der Waals surface area (Å²) in [6.45, 7) is -0.260. The van der Waals surface area contributed by atoms with Crippen LogP contribution < -0.4 is 5.32 Å². The van der Waals surface area contributed by atoms with Crippen molar-refractivity contribution in [2.24, 2.45) is 23.7 Å². The zero-order chi connectivity index (χ0) is 27.3. The third kappa shape index (κ3) is 4.56. The number of carbonyl (C=O) groups excluding carboxylic acids is 3. The Morgan fingerprint density at radius 1 is 1.00 bits per heavy atom. The van der Waals surface area contributed by atoms with Crippen molar-refractivity contribution in [1.82, 2.24) is 10.3 Å². The second kappa shape index (κ2) is 9.93. The van der Waals surface area contributed by atoms with Crippen LogP contribution in [0.2, 0.25) is 0 Å². The average molecular weight is 595 g/mol. The summed E-state index contributed by atoms with van der Waals surface area (Å²) < 4.78 is 36.3. The Kier molecular flexibility index (Phi) is 6.57. The van der Waals surface area contributed by atoms with Crippen molar-refractivity contribution in [3.63, 3.8) is 0 Å². The quantitative estimate of drug-likeness (QED) is 0.281. The molecule has 3 aliphatic rings. The maximum atomic E-state index is 15.2. The molecule has 6 rings (SSSR count). The molecule has 1 N–H and O–H groups in total. The van der Waals surface area contributed by atoms with Gasteiger partial charge in [-0.3, -0.25) is 19.4 Å². The van der Waals surface area contributed by atoms with E-state index in [2.05, 4.69) is 26.2 Å². The minimum atomic E-state index is -3.25. The van der Waals surface area contributed by atoms with Gasteiger partial charge >= 0.3 is 5.97 Å². The SMILES string of the molecule is O=C(COC(=O)C1C2CCC(C2)[C@@H]1C(=O)NCc1cccnc1)c1ccc2c(c1)C(F)(F)c1cc(Br)ccc1-2. The van der Waals surface area contributed by atoms with Crippen LogP contribution in [-0.2, 0) is 26.8 Å². The molecule has 1 aromatic heterocycles. The molecule has 0 radical (unpaired) electrons. The first-order valence-electron chi connectivity index (χ1n) is 12.9. The number of hydrogen-bond donors (Lipinski definition) is 1. The van der Waals surface area contributed by atoms with Gasteiger partial charge in [-0.1, -0.05) is 40.2 Å². The van der Waals surface area contributed by atoms with E-state index in [-0.39, 0.29) is 34.4 Å². The highest BCUT2D eigenvalue weighted by Crippen LogP contribution is 2.53. The molecule has 2 saturated carbocycles. The first-order chi connectivity index (χ1) is 18.7. The van der Waals surface area contributed by atoms with E-state index in [4.69, 9.17) is 4.74 Å². The summed E-state index contributed by atoms with van der Waals surface area (Å²) in [6, 6.07) is 12.5. The molecular weight excluding hydrogens is 570 g/mol. The van der Waals surface area contributed by atoms with Gasteiger partial charge in [0, 0.05) is 40.1 Å². The van der Waals surface area contributed by atoms with E-state index in [1.807, 2.05) is 6.07 Å². The van der Waals surface area contributed by atoms with Gasteiger partial charge in [0.15, 0.2) is 12.4 Å². The lowest BCUT2D eigenvalue weighted by molar-refractivity contribution is -0.154. The van der Waals surface area contributed by atoms with E-state index in [0.717, 1.165) is 24.8 Å². The summed E-state index contributed by atoms with van der Waals surface area (Å²) in [4.78, 5) is 43.2. The van der Waals surface area contributed by atoms with Crippen molar-refractivity contribution in [3.05, 3.63) is 87.7 Å². The van der Waals surface area contributed by atoms with E-state index in [1.165, 1.54) is 24.3 Å². The van der Waals surface area contributed by atoms with Crippen molar-refractivity contribution < 1.29 is 27.9 Å². The highest BCUT2D eigenvalue weighted by Gasteiger charge is 2.54. The molecular formula is C30H25BrF2N2O4. The maximum absolute atomic E-state index is 15.2. The molecule has 200 valence electrons. The standard InChI is InChI=1S/C30H25BrF2N2O4/c31-20-6-8-22-21-7-5-17(11-23(21)30(32,33)24(22)12-20)25(36)15-39-29(38)27-19-4-3-18(10-19)26(27)28(37)35-14-16-2-1-9-34-13-16/h1-2,5-9,11-13,18-19,26-27H,3-4,10,14-15H2,(H,35,37)/t18?,19?,26-,27?/m0/s1. The number of fused-ring (bicyclic) bond motifs is 5. The lowest BCUT2D eigenvalue weighted by atomic mass is 9.78. The van der Waals surface area contributed by atoms with Gasteiger partial charge in [0.25, 0.3) is 5.92 Å². The van der Waals surface area contributed by atoms with E-state index in [1.54, 1.807) is 30.6 Å². The second-order valence-corrected chi connectivity index (χ2v) is 11.4. The van der Waals surface area contributed by atoms with E-state index in [0.29, 0.717) is 22.1 Å². The Balaban J connectivity index is 1.13. The lowest BCUT2D eigenvalue weighted by Crippen LogP contribution is -2.42. The van der Waals surface area contributed by atoms with E-state index >= 15 is 8.78 Å². The van der Waals surface area contributed by atoms with Crippen LogP contribution >= 0.6 is 15.9 Å². The molecule has 39 heavy (non-hydrogen) atoms. The Labute approximate surface area is 232 Å². The third-order valence-electron chi connectivity index (χ3n) is 8.32. The molecule has 0 saturated heterocycles. The van der Waals surface area contributed by atoms with Crippen LogP contribution in [0.3, 0.4) is 0 Å². The summed E-state index contributed by atoms with van der Waals surface area (Å²) in [7, 11) is 0. The molecule has 3 aromatic rings. The Morgan fingerprint density at radius 3 is 2.46 bits per heavy atom. The van der Waals surface area contributed by atoms with Crippen LogP contribution in [0.4, 0.5) is 8.78 Å². The van der Waals surface area contributed by atoms with Crippen molar-refractivity contribution >= 4 is 33.6 Å². The number of nitrogens with zero attached hydrogens (tertiary/aromatic N) is 1. The summed E-state index contributed by atoms with van der Waals surface area (Å²) in [5.74, 6) is -5.61. The molecule has 0 spiro atoms. The number of rotatable bonds is 7. The minimum absolute atomic E-state index is 0.0308. The number of amides is 1. The number of ketones is 1. The topological polar surface area (TPSA) is 85.4 Å². The molecule has 2 aromatic carbocycles. The molecule has 9 heteroatoms. The number of ether oxygens (including phenoxy) is 1. The predicted molar refractivity (Wildman–Crippen MR) is 142 cm³/mol. The first kappa shape index (κ1) is 25.8. The van der Waals surface area contributed by atoms with Crippen LogP contribution in [0, 0.1) is 23.7 Å². The van der Waals surface area contributed by atoms with Crippen molar-refractivity contribution in [2.45, 2.75) is 31.7 Å². The number of aromatic nitrogens is 1. The summed E-state index contributed by atoms with van der Waals surface area (Å²) in [6.07, 6.45) is 5.81. The zero-order valence-electron chi connectivity index (χ0n) is 20.8. The van der Waals surface area contributed by atoms with E-state index in [9.17, 15) is 14.4 Å². The number of esters is 1. The number of halogens is 3. The van der Waals surface area contributed by atoms with Crippen molar-refractivity contribution in [3.8, 4) is 11.1 Å². The first-order valence-corrected chi connectivity index (χ1v) is 13.7. The Morgan fingerprint density at radius 2 is 1.72 bits per heavy atom. The van der Waals surface area contributed by atoms with Gasteiger partial charge in [0.2, 0.25) is 5.91 Å². The highest BCUT2D eigenvalue weighted by molar-refractivity contribution is 9.10. The van der Waals surface area contributed by atoms with Gasteiger partial charge in [-0.2, -0.15) is 8.78 Å². The summed E-state index contributed by atoms with van der Waals surface area (Å²) in [5, 5.41) is 2.92. The van der Waals surface area contributed by atoms with Gasteiger partial charge < -0.3 is 10.1 Å². The third-order valence-corrected chi connectivity index (χ3v) is 8.81. The summed E-state index contributed by atoms with van der Waals surface area (Å²) in [5.41, 5.74) is 1.34. The van der Waals surface area contributed by atoms with Crippen LogP contribution in [0.5, 0.6) is 0 Å². The molecule has 2 fully saturated rings. The maximum Gasteiger partial charge on any atom is 0.310 e. The number of pyridine rings is 1. The molecule has 4 atom stereocenters. The molecule has 3 aliphatic carbocycles. The second-order valence-electron chi connectivity index (χ2n) is 10.5. The monoisotopic (exact) mass is 594 g/mol. The van der Waals surface area contributed by atoms with Gasteiger partial charge in [-0.25, -0.2) is 0 Å². The smallest absolute Gasteiger partial charge is 0.310 e. The number of carbonyl (C=O) groups is 3. The number of alkyl halides is 2. The number of Topliss-reactive ketones (excluding diaryl/α,β-unsaturated/α-hetero) is 1. The number of hydrogen-bond acceptors (Lipinski definition) is 5. The molecule has 2 bridgehead atoms. The minimum Gasteiger partial charge on any atom is -0.457 e. The van der Waals surface area contributed by atoms with Crippen LogP contribution in [0.15, 0.2) is 65.4 Å². The molecule has 3 unspecified atom stereocenters. The molecule has 6 nitrogen and oxygen atoms in total. The fraction of sp³-hybridized carbons (Fsp3) is 0.333. The fourth-order valence-electron chi connectivity index (χ4n) is 6.50. The van der Waals surface area contributed by atoms with Crippen molar-refractivity contribution in [2.75, 3.05) is 6.61 Å². The lowest BCUT2D eigenvalue weighted by Gasteiger charge is -2.28. The largest absolute Gasteiger partial charge is 0.457 e. The van der Waals surface area contributed by atoms with Crippen molar-refractivity contribution in [1.29, 1.82) is 0 Å². The molecule has 1 amide bonds. The molecule has 0 aliphatic heterocycles.